The highest BCUT2D eigenvalue weighted by Crippen LogP contribution is 2.35. The van der Waals surface area contributed by atoms with Crippen molar-refractivity contribution in [2.75, 3.05) is 11.5 Å². The maximum Gasteiger partial charge on any atom is 0.256 e. The van der Waals surface area contributed by atoms with Crippen molar-refractivity contribution in [2.24, 2.45) is 0 Å². The van der Waals surface area contributed by atoms with Crippen LogP contribution in [-0.2, 0) is 16.0 Å². The largest absolute Gasteiger partial charge is 0.368 e. The molecular weight excluding hydrogens is 370 g/mol. The molecule has 0 radical (unpaired) electrons. The fraction of sp³-hybridized carbons (Fsp3) is 0.579. The minimum absolute atomic E-state index is 0.0576. The van der Waals surface area contributed by atoms with Gasteiger partial charge in [0.05, 0.1) is 4.83 Å². The van der Waals surface area contributed by atoms with E-state index in [1.165, 1.54) is 0 Å². The van der Waals surface area contributed by atoms with Crippen LogP contribution in [0.15, 0.2) is 18.2 Å². The lowest BCUT2D eigenvalue weighted by atomic mass is 10.0. The number of amides is 1. The van der Waals surface area contributed by atoms with Crippen LogP contribution in [0.4, 0.5) is 5.69 Å². The Bertz CT molecular complexity index is 639. The van der Waals surface area contributed by atoms with Crippen LogP contribution in [0.5, 0.6) is 0 Å². The predicted molar refractivity (Wildman–Crippen MR) is 98.0 cm³/mol. The first-order chi connectivity index (χ1) is 11.5. The number of hydrogen-bond donors (Lipinski definition) is 0. The van der Waals surface area contributed by atoms with Crippen molar-refractivity contribution in [3.8, 4) is 0 Å². The molecule has 0 spiro atoms. The molecule has 0 bridgehead atoms. The van der Waals surface area contributed by atoms with Crippen LogP contribution in [0.25, 0.3) is 0 Å². The lowest BCUT2D eigenvalue weighted by Gasteiger charge is -2.25. The summed E-state index contributed by atoms with van der Waals surface area (Å²) in [6.07, 6.45) is 4.02. The molecule has 2 heterocycles. The van der Waals surface area contributed by atoms with E-state index in [0.29, 0.717) is 6.61 Å². The number of Topliss-reactive ketones (excluding diaryl/α,β-unsaturated/α-hetero) is 1. The van der Waals surface area contributed by atoms with E-state index in [9.17, 15) is 9.59 Å². The fourth-order valence-electron chi connectivity index (χ4n) is 3.61. The minimum Gasteiger partial charge on any atom is -0.368 e. The van der Waals surface area contributed by atoms with Crippen LogP contribution in [0.1, 0.15) is 55.5 Å². The zero-order chi connectivity index (χ0) is 17.3. The SMILES string of the molecule is CCCC(Br)C(=O)c1ccc2c(c1)CC(C)N2C(=O)C1CCCO1. The van der Waals surface area contributed by atoms with Crippen LogP contribution in [0, 0.1) is 0 Å². The minimum atomic E-state index is -0.309. The molecule has 1 aromatic rings. The number of anilines is 1. The summed E-state index contributed by atoms with van der Waals surface area (Å²) in [7, 11) is 0. The number of rotatable bonds is 5. The lowest BCUT2D eigenvalue weighted by Crippen LogP contribution is -2.42. The van der Waals surface area contributed by atoms with E-state index in [0.717, 1.165) is 48.9 Å². The first-order valence-electron chi connectivity index (χ1n) is 8.78. The number of carbonyl (C=O) groups is 2. The van der Waals surface area contributed by atoms with E-state index in [-0.39, 0.29) is 28.7 Å². The first kappa shape index (κ1) is 17.6. The second kappa shape index (κ2) is 7.36. The molecule has 0 aromatic heterocycles. The molecule has 24 heavy (non-hydrogen) atoms. The van der Waals surface area contributed by atoms with E-state index in [1.54, 1.807) is 0 Å². The molecule has 1 saturated heterocycles. The Morgan fingerprint density at radius 1 is 1.42 bits per heavy atom. The highest BCUT2D eigenvalue weighted by Gasteiger charge is 2.36. The number of hydrogen-bond acceptors (Lipinski definition) is 3. The van der Waals surface area contributed by atoms with Gasteiger partial charge in [0.25, 0.3) is 5.91 Å². The van der Waals surface area contributed by atoms with Crippen molar-refractivity contribution in [1.82, 2.24) is 0 Å². The Morgan fingerprint density at radius 2 is 2.21 bits per heavy atom. The average molecular weight is 394 g/mol. The summed E-state index contributed by atoms with van der Waals surface area (Å²) in [5.41, 5.74) is 2.74. The molecule has 2 aliphatic rings. The summed E-state index contributed by atoms with van der Waals surface area (Å²) >= 11 is 3.48. The maximum atomic E-state index is 12.8. The smallest absolute Gasteiger partial charge is 0.256 e. The van der Waals surface area contributed by atoms with Crippen molar-refractivity contribution >= 4 is 33.3 Å². The van der Waals surface area contributed by atoms with Gasteiger partial charge >= 0.3 is 0 Å². The molecule has 4 nitrogen and oxygen atoms in total. The number of alkyl halides is 1. The maximum absolute atomic E-state index is 12.8. The van der Waals surface area contributed by atoms with Gasteiger partial charge in [0.2, 0.25) is 0 Å². The van der Waals surface area contributed by atoms with Gasteiger partial charge < -0.3 is 9.64 Å². The molecule has 0 saturated carbocycles. The van der Waals surface area contributed by atoms with Gasteiger partial charge in [0.15, 0.2) is 5.78 Å². The third-order valence-electron chi connectivity index (χ3n) is 4.85. The van der Waals surface area contributed by atoms with Gasteiger partial charge in [-0.2, -0.15) is 0 Å². The summed E-state index contributed by atoms with van der Waals surface area (Å²) in [4.78, 5) is 27.0. The van der Waals surface area contributed by atoms with Gasteiger partial charge in [-0.25, -0.2) is 0 Å². The second-order valence-electron chi connectivity index (χ2n) is 6.73. The van der Waals surface area contributed by atoms with E-state index in [2.05, 4.69) is 29.8 Å². The van der Waals surface area contributed by atoms with E-state index in [4.69, 9.17) is 4.74 Å². The Morgan fingerprint density at radius 3 is 2.88 bits per heavy atom. The van der Waals surface area contributed by atoms with E-state index >= 15 is 0 Å². The van der Waals surface area contributed by atoms with Gasteiger partial charge in [0, 0.05) is 23.9 Å². The number of benzene rings is 1. The molecule has 1 aromatic carbocycles. The van der Waals surface area contributed by atoms with Crippen LogP contribution in [-0.4, -0.2) is 35.3 Å². The Labute approximate surface area is 151 Å². The van der Waals surface area contributed by atoms with Crippen LogP contribution >= 0.6 is 15.9 Å². The molecule has 1 amide bonds. The predicted octanol–water partition coefficient (Wildman–Crippen LogP) is 3.89. The summed E-state index contributed by atoms with van der Waals surface area (Å²) < 4.78 is 5.56. The standard InChI is InChI=1S/C19H24BrNO3/c1-3-5-15(20)18(22)13-7-8-16-14(11-13)10-12(2)21(16)19(23)17-6-4-9-24-17/h7-8,11-12,15,17H,3-6,9-10H2,1-2H3. The van der Waals surface area contributed by atoms with E-state index < -0.39 is 0 Å². The van der Waals surface area contributed by atoms with Gasteiger partial charge in [-0.1, -0.05) is 29.3 Å². The highest BCUT2D eigenvalue weighted by molar-refractivity contribution is 9.10. The van der Waals surface area contributed by atoms with Crippen LogP contribution in [0.3, 0.4) is 0 Å². The molecule has 3 atom stereocenters. The fourth-order valence-corrected chi connectivity index (χ4v) is 4.34. The number of nitrogens with zero attached hydrogens (tertiary/aromatic N) is 1. The van der Waals surface area contributed by atoms with Gasteiger partial charge in [-0.15, -0.1) is 0 Å². The average Bonchev–Trinajstić information content (AvgIpc) is 3.20. The number of ketones is 1. The summed E-state index contributed by atoms with van der Waals surface area (Å²) in [6, 6.07) is 5.84. The Hall–Kier alpha value is -1.20. The zero-order valence-electron chi connectivity index (χ0n) is 14.3. The molecule has 0 aliphatic carbocycles. The topological polar surface area (TPSA) is 46.6 Å². The molecular formula is C19H24BrNO3. The number of halogens is 1. The quantitative estimate of drug-likeness (QED) is 0.562. The Balaban J connectivity index is 1.83. The molecule has 0 N–H and O–H groups in total. The molecule has 1 fully saturated rings. The zero-order valence-corrected chi connectivity index (χ0v) is 15.8. The lowest BCUT2D eigenvalue weighted by molar-refractivity contribution is -0.127. The molecule has 2 aliphatic heterocycles. The second-order valence-corrected chi connectivity index (χ2v) is 7.83. The number of fused-ring (bicyclic) bond motifs is 1. The van der Waals surface area contributed by atoms with Crippen molar-refractivity contribution < 1.29 is 14.3 Å². The van der Waals surface area contributed by atoms with Crippen molar-refractivity contribution in [3.05, 3.63) is 29.3 Å². The van der Waals surface area contributed by atoms with Gasteiger partial charge in [-0.3, -0.25) is 9.59 Å². The van der Waals surface area contributed by atoms with Gasteiger partial charge in [-0.05, 0) is 56.4 Å². The third kappa shape index (κ3) is 3.29. The molecule has 3 rings (SSSR count). The molecule has 130 valence electrons. The summed E-state index contributed by atoms with van der Waals surface area (Å²) in [6.45, 7) is 4.79. The molecule has 5 heteroatoms. The number of ether oxygens (including phenoxy) is 1. The van der Waals surface area contributed by atoms with Crippen molar-refractivity contribution in [1.29, 1.82) is 0 Å². The Kier molecular flexibility index (Phi) is 5.40. The highest BCUT2D eigenvalue weighted by atomic mass is 79.9. The van der Waals surface area contributed by atoms with Crippen molar-refractivity contribution in [2.45, 2.75) is 62.9 Å². The first-order valence-corrected chi connectivity index (χ1v) is 9.70. The number of carbonyl (C=O) groups excluding carboxylic acids is 2. The normalized spacial score (nSPS) is 24.0. The van der Waals surface area contributed by atoms with Crippen LogP contribution < -0.4 is 4.90 Å². The van der Waals surface area contributed by atoms with Crippen molar-refractivity contribution in [3.63, 3.8) is 0 Å². The van der Waals surface area contributed by atoms with E-state index in [1.807, 2.05) is 23.1 Å². The third-order valence-corrected chi connectivity index (χ3v) is 5.72. The van der Waals surface area contributed by atoms with Gasteiger partial charge in [0.1, 0.15) is 6.10 Å². The molecule has 3 unspecified atom stereocenters. The summed E-state index contributed by atoms with van der Waals surface area (Å²) in [5.74, 6) is 0.179. The van der Waals surface area contributed by atoms with Crippen LogP contribution in [0.2, 0.25) is 0 Å². The summed E-state index contributed by atoms with van der Waals surface area (Å²) in [5, 5.41) is 0. The monoisotopic (exact) mass is 393 g/mol.